The average molecular weight is 331 g/mol. The summed E-state index contributed by atoms with van der Waals surface area (Å²) in [4.78, 5) is 17.0. The van der Waals surface area contributed by atoms with Crippen LogP contribution in [-0.2, 0) is 19.5 Å². The van der Waals surface area contributed by atoms with Gasteiger partial charge < -0.3 is 10.6 Å². The summed E-state index contributed by atoms with van der Waals surface area (Å²) in [5.41, 5.74) is 5.68. The molecule has 0 saturated heterocycles. The topological polar surface area (TPSA) is 54.0 Å². The molecule has 0 saturated carbocycles. The van der Waals surface area contributed by atoms with Crippen LogP contribution in [0.2, 0.25) is 0 Å². The van der Waals surface area contributed by atoms with Crippen LogP contribution in [0.5, 0.6) is 0 Å². The Morgan fingerprint density at radius 1 is 1.28 bits per heavy atom. The maximum atomic E-state index is 12.8. The van der Waals surface area contributed by atoms with E-state index < -0.39 is 0 Å². The number of hydrogen-bond acceptors (Lipinski definition) is 3. The monoisotopic (exact) mass is 331 g/mol. The molecule has 0 bridgehead atoms. The van der Waals surface area contributed by atoms with Crippen LogP contribution in [0.25, 0.3) is 10.8 Å². The van der Waals surface area contributed by atoms with Gasteiger partial charge in [-0.1, -0.05) is 24.3 Å². The number of benzene rings is 2. The summed E-state index contributed by atoms with van der Waals surface area (Å²) in [5, 5.41) is 8.43. The van der Waals surface area contributed by atoms with Gasteiger partial charge in [0.2, 0.25) is 0 Å². The van der Waals surface area contributed by atoms with E-state index in [0.717, 1.165) is 35.8 Å². The van der Waals surface area contributed by atoms with Gasteiger partial charge in [-0.05, 0) is 59.7 Å². The van der Waals surface area contributed by atoms with Gasteiger partial charge in [-0.15, -0.1) is 0 Å². The second kappa shape index (κ2) is 6.65. The number of carbonyl (C=O) groups is 1. The molecule has 4 heteroatoms. The Labute approximate surface area is 147 Å². The molecule has 0 fully saturated rings. The molecule has 4 rings (SSSR count). The number of pyridine rings is 1. The first-order valence-corrected chi connectivity index (χ1v) is 8.65. The van der Waals surface area contributed by atoms with E-state index in [-0.39, 0.29) is 5.91 Å². The second-order valence-corrected chi connectivity index (χ2v) is 6.57. The van der Waals surface area contributed by atoms with Crippen molar-refractivity contribution < 1.29 is 4.79 Å². The number of carbonyl (C=O) groups excluding carboxylic acids is 1. The zero-order chi connectivity index (χ0) is 17.2. The van der Waals surface area contributed by atoms with Gasteiger partial charge in [-0.2, -0.15) is 0 Å². The summed E-state index contributed by atoms with van der Waals surface area (Å²) in [6.07, 6.45) is 4.53. The fourth-order valence-corrected chi connectivity index (χ4v) is 3.58. The van der Waals surface area contributed by atoms with Crippen molar-refractivity contribution in [2.45, 2.75) is 26.4 Å². The van der Waals surface area contributed by atoms with Crippen molar-refractivity contribution in [3.8, 4) is 0 Å². The highest BCUT2D eigenvalue weighted by Crippen LogP contribution is 2.21. The molecule has 4 nitrogen and oxygen atoms in total. The average Bonchev–Trinajstić information content (AvgIpc) is 2.65. The maximum absolute atomic E-state index is 12.8. The van der Waals surface area contributed by atoms with Crippen molar-refractivity contribution >= 4 is 16.7 Å². The summed E-state index contributed by atoms with van der Waals surface area (Å²) in [6.45, 7) is 4.46. The molecule has 1 aliphatic heterocycles. The van der Waals surface area contributed by atoms with E-state index in [9.17, 15) is 4.79 Å². The van der Waals surface area contributed by atoms with Gasteiger partial charge in [0.05, 0.1) is 0 Å². The highest BCUT2D eigenvalue weighted by atomic mass is 16.1. The van der Waals surface area contributed by atoms with Crippen LogP contribution in [0, 0.1) is 6.92 Å². The van der Waals surface area contributed by atoms with E-state index in [2.05, 4.69) is 39.9 Å². The molecule has 0 unspecified atom stereocenters. The number of aryl methyl sites for hydroxylation is 1. The molecule has 25 heavy (non-hydrogen) atoms. The summed E-state index contributed by atoms with van der Waals surface area (Å²) in [5.74, 6) is -0.0479. The van der Waals surface area contributed by atoms with Crippen LogP contribution in [0.15, 0.2) is 48.8 Å². The molecule has 1 amide bonds. The minimum atomic E-state index is -0.0479. The molecule has 2 aromatic carbocycles. The van der Waals surface area contributed by atoms with Crippen LogP contribution < -0.4 is 10.6 Å². The van der Waals surface area contributed by atoms with Crippen molar-refractivity contribution in [1.29, 1.82) is 0 Å². The molecule has 0 atom stereocenters. The standard InChI is InChI=1S/C21H21N3O/c1-14-9-15-5-7-23-13-20(15)19(10-14)21(25)24-12-17-4-2-3-16-11-22-8-6-18(16)17/h2-5,7,9-10,13,22H,6,8,11-12H2,1H3,(H,24,25). The molecule has 2 heterocycles. The summed E-state index contributed by atoms with van der Waals surface area (Å²) >= 11 is 0. The maximum Gasteiger partial charge on any atom is 0.252 e. The number of fused-ring (bicyclic) bond motifs is 2. The third-order valence-corrected chi connectivity index (χ3v) is 4.82. The first-order valence-electron chi connectivity index (χ1n) is 8.65. The molecule has 1 aromatic heterocycles. The third kappa shape index (κ3) is 3.13. The first kappa shape index (κ1) is 15.8. The summed E-state index contributed by atoms with van der Waals surface area (Å²) in [6, 6.07) is 12.3. The van der Waals surface area contributed by atoms with Gasteiger partial charge >= 0.3 is 0 Å². The zero-order valence-corrected chi connectivity index (χ0v) is 14.3. The molecule has 3 aromatic rings. The highest BCUT2D eigenvalue weighted by molar-refractivity contribution is 6.07. The van der Waals surface area contributed by atoms with Gasteiger partial charge in [0, 0.05) is 36.4 Å². The van der Waals surface area contributed by atoms with Crippen LogP contribution in [-0.4, -0.2) is 17.4 Å². The van der Waals surface area contributed by atoms with Crippen LogP contribution in [0.3, 0.4) is 0 Å². The Hall–Kier alpha value is -2.72. The van der Waals surface area contributed by atoms with Crippen molar-refractivity contribution in [3.63, 3.8) is 0 Å². The van der Waals surface area contributed by atoms with Gasteiger partial charge in [0.15, 0.2) is 0 Å². The normalized spacial score (nSPS) is 13.5. The lowest BCUT2D eigenvalue weighted by Crippen LogP contribution is -2.27. The van der Waals surface area contributed by atoms with Crippen molar-refractivity contribution in [1.82, 2.24) is 15.6 Å². The number of nitrogens with one attached hydrogen (secondary N) is 2. The zero-order valence-electron chi connectivity index (χ0n) is 14.3. The molecular weight excluding hydrogens is 310 g/mol. The Balaban J connectivity index is 1.60. The number of aromatic nitrogens is 1. The predicted octanol–water partition coefficient (Wildman–Crippen LogP) is 3.12. The molecule has 0 aliphatic carbocycles. The number of amides is 1. The predicted molar refractivity (Wildman–Crippen MR) is 99.5 cm³/mol. The van der Waals surface area contributed by atoms with Crippen LogP contribution in [0.4, 0.5) is 0 Å². The Morgan fingerprint density at radius 3 is 3.12 bits per heavy atom. The smallest absolute Gasteiger partial charge is 0.252 e. The lowest BCUT2D eigenvalue weighted by Gasteiger charge is -2.20. The minimum absolute atomic E-state index is 0.0479. The number of rotatable bonds is 3. The SMILES string of the molecule is Cc1cc(C(=O)NCc2cccc3c2CCNC3)c2cnccc2c1. The quantitative estimate of drug-likeness (QED) is 0.775. The van der Waals surface area contributed by atoms with E-state index in [4.69, 9.17) is 0 Å². The lowest BCUT2D eigenvalue weighted by molar-refractivity contribution is 0.0952. The van der Waals surface area contributed by atoms with Crippen molar-refractivity contribution in [2.75, 3.05) is 6.54 Å². The van der Waals surface area contributed by atoms with E-state index in [0.29, 0.717) is 12.1 Å². The molecule has 126 valence electrons. The summed E-state index contributed by atoms with van der Waals surface area (Å²) < 4.78 is 0. The van der Waals surface area contributed by atoms with E-state index in [1.807, 2.05) is 19.1 Å². The number of nitrogens with zero attached hydrogens (tertiary/aromatic N) is 1. The Morgan fingerprint density at radius 2 is 2.20 bits per heavy atom. The van der Waals surface area contributed by atoms with Crippen LogP contribution >= 0.6 is 0 Å². The molecule has 0 spiro atoms. The Bertz CT molecular complexity index is 949. The fourth-order valence-electron chi connectivity index (χ4n) is 3.58. The van der Waals surface area contributed by atoms with E-state index >= 15 is 0 Å². The Kier molecular flexibility index (Phi) is 4.20. The van der Waals surface area contributed by atoms with Crippen molar-refractivity contribution in [3.05, 3.63) is 76.6 Å². The second-order valence-electron chi connectivity index (χ2n) is 6.57. The molecular formula is C21H21N3O. The molecule has 2 N–H and O–H groups in total. The van der Waals surface area contributed by atoms with Gasteiger partial charge in [-0.3, -0.25) is 9.78 Å². The van der Waals surface area contributed by atoms with Gasteiger partial charge in [0.25, 0.3) is 5.91 Å². The molecule has 1 aliphatic rings. The lowest BCUT2D eigenvalue weighted by atomic mass is 9.95. The largest absolute Gasteiger partial charge is 0.348 e. The first-order chi connectivity index (χ1) is 12.2. The van der Waals surface area contributed by atoms with Gasteiger partial charge in [0.1, 0.15) is 0 Å². The van der Waals surface area contributed by atoms with Crippen molar-refractivity contribution in [2.24, 2.45) is 0 Å². The third-order valence-electron chi connectivity index (χ3n) is 4.82. The van der Waals surface area contributed by atoms with Gasteiger partial charge in [-0.25, -0.2) is 0 Å². The minimum Gasteiger partial charge on any atom is -0.348 e. The van der Waals surface area contributed by atoms with Crippen LogP contribution in [0.1, 0.15) is 32.6 Å². The fraction of sp³-hybridized carbons (Fsp3) is 0.238. The highest BCUT2D eigenvalue weighted by Gasteiger charge is 2.15. The molecule has 0 radical (unpaired) electrons. The number of hydrogen-bond donors (Lipinski definition) is 2. The van der Waals surface area contributed by atoms with E-state index in [1.165, 1.54) is 16.7 Å². The van der Waals surface area contributed by atoms with E-state index in [1.54, 1.807) is 12.4 Å². The summed E-state index contributed by atoms with van der Waals surface area (Å²) in [7, 11) is 0.